The molecule has 4 aliphatic rings. The third kappa shape index (κ3) is 9.43. The van der Waals surface area contributed by atoms with Crippen molar-refractivity contribution < 1.29 is 9.47 Å². The second kappa shape index (κ2) is 24.1. The molecule has 108 heavy (non-hydrogen) atoms. The van der Waals surface area contributed by atoms with E-state index in [1.807, 2.05) is 18.2 Å². The number of nitrogens with zero attached hydrogens (tertiary/aromatic N) is 6. The van der Waals surface area contributed by atoms with Crippen LogP contribution in [0.4, 0.5) is 0 Å². The second-order valence-corrected chi connectivity index (χ2v) is 28.3. The van der Waals surface area contributed by atoms with E-state index < -0.39 is 10.8 Å². The van der Waals surface area contributed by atoms with Gasteiger partial charge in [0.2, 0.25) is 0 Å². The molecular weight excluding hydrogens is 1320 g/mol. The Morgan fingerprint density at radius 2 is 0.472 bits per heavy atom. The number of hydrogen-bond acceptors (Lipinski definition) is 8. The number of aromatic nitrogens is 6. The molecule has 2 aliphatic carbocycles. The molecule has 0 saturated carbocycles. The first-order valence-corrected chi connectivity index (χ1v) is 36.6. The monoisotopic (exact) mass is 1380 g/mol. The highest BCUT2D eigenvalue weighted by atomic mass is 16.5. The van der Waals surface area contributed by atoms with E-state index in [9.17, 15) is 0 Å². The first-order valence-electron chi connectivity index (χ1n) is 36.6. The highest BCUT2D eigenvalue weighted by Crippen LogP contribution is 2.65. The normalized spacial score (nSPS) is 13.3. The number of fused-ring (bicyclic) bond motifs is 20. The summed E-state index contributed by atoms with van der Waals surface area (Å²) in [4.78, 5) is 31.9. The SMILES string of the molecule is c1ccc(-c2nc(-c3cccc(-c4ccc5c(c4)C4(c6cc(-c7cccc(-c8nc(-c9cccc(-c%10ccc%11c(c%10)C%10(c%12ccccc%12O%11)c%11ccccc%11-c%11ccccc%11%10)c9)nc(-c9ccc%10ccccc%10c9)n8)c7)ccc6O5)c5ccccc5-c5ccccc54)c3)nc(-c3cccc4ccccc34)n2)cc1. The molecule has 18 aromatic rings. The minimum Gasteiger partial charge on any atom is -0.457 e. The van der Waals surface area contributed by atoms with Gasteiger partial charge in [-0.2, -0.15) is 0 Å². The zero-order valence-electron chi connectivity index (χ0n) is 58.1. The first kappa shape index (κ1) is 61.2. The van der Waals surface area contributed by atoms with Crippen LogP contribution in [-0.4, -0.2) is 29.9 Å². The van der Waals surface area contributed by atoms with Gasteiger partial charge in [-0.1, -0.05) is 297 Å². The van der Waals surface area contributed by atoms with Gasteiger partial charge in [-0.3, -0.25) is 0 Å². The molecule has 2 aromatic heterocycles. The molecule has 0 N–H and O–H groups in total. The Hall–Kier alpha value is -14.3. The summed E-state index contributed by atoms with van der Waals surface area (Å²) < 4.78 is 14.1. The molecule has 0 bridgehead atoms. The molecule has 22 rings (SSSR count). The predicted octanol–water partition coefficient (Wildman–Crippen LogP) is 24.3. The van der Waals surface area contributed by atoms with Crippen LogP contribution in [-0.2, 0) is 10.8 Å². The molecule has 2 spiro atoms. The van der Waals surface area contributed by atoms with Gasteiger partial charge in [0.15, 0.2) is 34.9 Å². The molecule has 2 aliphatic heterocycles. The Morgan fingerprint density at radius 1 is 0.167 bits per heavy atom. The van der Waals surface area contributed by atoms with E-state index in [1.165, 1.54) is 44.5 Å². The topological polar surface area (TPSA) is 95.8 Å². The minimum atomic E-state index is -0.789. The minimum absolute atomic E-state index is 0.555. The van der Waals surface area contributed by atoms with Crippen LogP contribution >= 0.6 is 0 Å². The third-order valence-corrected chi connectivity index (χ3v) is 22.5. The molecule has 0 saturated heterocycles. The maximum Gasteiger partial charge on any atom is 0.164 e. The molecule has 502 valence electrons. The summed E-state index contributed by atoms with van der Waals surface area (Å²) in [5, 5.41) is 4.44. The van der Waals surface area contributed by atoms with E-state index in [4.69, 9.17) is 39.4 Å². The Kier molecular flexibility index (Phi) is 13.7. The summed E-state index contributed by atoms with van der Waals surface area (Å²) in [5.41, 5.74) is 24.1. The first-order chi connectivity index (χ1) is 53.5. The van der Waals surface area contributed by atoms with E-state index >= 15 is 0 Å². The number of ether oxygens (including phenoxy) is 2. The average molecular weight is 1380 g/mol. The maximum atomic E-state index is 7.20. The lowest BCUT2D eigenvalue weighted by atomic mass is 9.65. The molecule has 4 heterocycles. The van der Waals surface area contributed by atoms with E-state index in [0.717, 1.165) is 134 Å². The molecule has 0 atom stereocenters. The van der Waals surface area contributed by atoms with Crippen LogP contribution in [0.25, 0.3) is 146 Å². The zero-order chi connectivity index (χ0) is 71.0. The van der Waals surface area contributed by atoms with Gasteiger partial charge in [0.25, 0.3) is 0 Å². The fourth-order valence-corrected chi connectivity index (χ4v) is 17.7. The van der Waals surface area contributed by atoms with Crippen molar-refractivity contribution in [1.29, 1.82) is 0 Å². The lowest BCUT2D eigenvalue weighted by Gasteiger charge is -2.40. The van der Waals surface area contributed by atoms with Crippen molar-refractivity contribution in [3.8, 4) is 147 Å². The summed E-state index contributed by atoms with van der Waals surface area (Å²) in [7, 11) is 0. The van der Waals surface area contributed by atoms with Gasteiger partial charge in [-0.05, 0) is 166 Å². The Labute approximate surface area is 623 Å². The summed E-state index contributed by atoms with van der Waals surface area (Å²) >= 11 is 0. The van der Waals surface area contributed by atoms with Crippen LogP contribution < -0.4 is 9.47 Å². The predicted molar refractivity (Wildman–Crippen MR) is 432 cm³/mol. The van der Waals surface area contributed by atoms with Crippen LogP contribution in [0.5, 0.6) is 23.0 Å². The number of para-hydroxylation sites is 1. The smallest absolute Gasteiger partial charge is 0.164 e. The van der Waals surface area contributed by atoms with Crippen molar-refractivity contribution in [2.45, 2.75) is 10.8 Å². The average Bonchev–Trinajstić information content (AvgIpc) is 1.65. The fraction of sp³-hybridized carbons (Fsp3) is 0.0200. The summed E-state index contributed by atoms with van der Waals surface area (Å²) in [5.74, 6) is 6.79. The van der Waals surface area contributed by atoms with Crippen molar-refractivity contribution >= 4 is 21.5 Å². The highest BCUT2D eigenvalue weighted by molar-refractivity contribution is 5.97. The maximum absolute atomic E-state index is 7.20. The summed E-state index contributed by atoms with van der Waals surface area (Å²) in [6, 6.07) is 130. The van der Waals surface area contributed by atoms with Gasteiger partial charge in [0.05, 0.1) is 10.8 Å². The second-order valence-electron chi connectivity index (χ2n) is 28.3. The van der Waals surface area contributed by atoms with E-state index in [2.05, 4.69) is 346 Å². The van der Waals surface area contributed by atoms with Crippen LogP contribution in [0.1, 0.15) is 44.5 Å². The van der Waals surface area contributed by atoms with E-state index in [0.29, 0.717) is 34.9 Å². The largest absolute Gasteiger partial charge is 0.457 e. The summed E-state index contributed by atoms with van der Waals surface area (Å²) in [6.45, 7) is 0. The molecule has 0 amide bonds. The Morgan fingerprint density at radius 3 is 0.963 bits per heavy atom. The van der Waals surface area contributed by atoms with Gasteiger partial charge in [0.1, 0.15) is 23.0 Å². The summed E-state index contributed by atoms with van der Waals surface area (Å²) in [6.07, 6.45) is 0. The Bertz CT molecular complexity index is 6710. The van der Waals surface area contributed by atoms with Gasteiger partial charge in [-0.25, -0.2) is 29.9 Å². The quantitative estimate of drug-likeness (QED) is 0.141. The zero-order valence-corrected chi connectivity index (χ0v) is 58.1. The molecule has 0 fully saturated rings. The van der Waals surface area contributed by atoms with Gasteiger partial charge < -0.3 is 9.47 Å². The van der Waals surface area contributed by atoms with Crippen LogP contribution in [0.15, 0.2) is 364 Å². The molecule has 16 aromatic carbocycles. The van der Waals surface area contributed by atoms with Crippen LogP contribution in [0, 0.1) is 0 Å². The molecular formula is C100H60N6O2. The van der Waals surface area contributed by atoms with Crippen molar-refractivity contribution in [2.75, 3.05) is 0 Å². The van der Waals surface area contributed by atoms with E-state index in [-0.39, 0.29) is 0 Å². The number of hydrogen-bond donors (Lipinski definition) is 0. The van der Waals surface area contributed by atoms with Crippen molar-refractivity contribution in [3.05, 3.63) is 408 Å². The number of rotatable bonds is 9. The van der Waals surface area contributed by atoms with Crippen molar-refractivity contribution in [2.24, 2.45) is 0 Å². The highest BCUT2D eigenvalue weighted by Gasteiger charge is 2.53. The standard InChI is InChI=1S/C100H60N6O2/c1-2-24-63(25-3-1)93-101-96(106-98(105-93)80-39-21-27-62-23-6-7-34-75(62)80)73-33-20-30-67(57-73)70-50-53-92-88(60-70)100(83-42-14-10-37-78(83)79-38-11-15-43-84(79)100)87-59-69(49-52-91(87)108-92)66-29-19-32-72(56-66)95-102-94(103-97(104-95)74-47-46-61-22-4-5-26-64(61)54-74)71-31-18-28-65(55-71)68-48-51-90-86(58-68)99(85-44-16-17-45-89(85)107-90)81-40-12-8-35-76(81)77-36-9-13-41-82(77)99/h1-60H. The van der Waals surface area contributed by atoms with Crippen LogP contribution in [0.3, 0.4) is 0 Å². The lowest BCUT2D eigenvalue weighted by molar-refractivity contribution is 0.436. The van der Waals surface area contributed by atoms with Crippen LogP contribution in [0.2, 0.25) is 0 Å². The molecule has 8 heteroatoms. The molecule has 8 nitrogen and oxygen atoms in total. The van der Waals surface area contributed by atoms with Gasteiger partial charge in [0, 0.05) is 55.6 Å². The van der Waals surface area contributed by atoms with Crippen molar-refractivity contribution in [3.63, 3.8) is 0 Å². The molecule has 0 unspecified atom stereocenters. The van der Waals surface area contributed by atoms with Gasteiger partial charge >= 0.3 is 0 Å². The van der Waals surface area contributed by atoms with E-state index in [1.54, 1.807) is 0 Å². The fourth-order valence-electron chi connectivity index (χ4n) is 17.7. The van der Waals surface area contributed by atoms with Crippen molar-refractivity contribution in [1.82, 2.24) is 29.9 Å². The number of benzene rings is 16. The van der Waals surface area contributed by atoms with Gasteiger partial charge in [-0.15, -0.1) is 0 Å². The third-order valence-electron chi connectivity index (χ3n) is 22.5. The Balaban J connectivity index is 0.661. The molecule has 0 radical (unpaired) electrons. The lowest BCUT2D eigenvalue weighted by Crippen LogP contribution is -2.32.